The van der Waals surface area contributed by atoms with Crippen LogP contribution in [0.15, 0.2) is 46.0 Å². The first-order chi connectivity index (χ1) is 9.96. The molecule has 0 radical (unpaired) electrons. The molecule has 0 aromatic carbocycles. The van der Waals surface area contributed by atoms with Crippen molar-refractivity contribution in [3.63, 3.8) is 0 Å². The molecule has 0 spiro atoms. The Morgan fingerprint density at radius 1 is 1.38 bits per heavy atom. The summed E-state index contributed by atoms with van der Waals surface area (Å²) < 4.78 is 36.8. The van der Waals surface area contributed by atoms with Gasteiger partial charge in [0.25, 0.3) is 0 Å². The zero-order valence-electron chi connectivity index (χ0n) is 12.2. The SMILES string of the molecule is CCOc1ccc(S(=O)(=O)N(C)C(C)c2ccco2)cn1. The van der Waals surface area contributed by atoms with Gasteiger partial charge in [0.15, 0.2) is 0 Å². The highest BCUT2D eigenvalue weighted by atomic mass is 32.2. The van der Waals surface area contributed by atoms with Gasteiger partial charge in [-0.2, -0.15) is 4.31 Å². The third kappa shape index (κ3) is 3.25. The van der Waals surface area contributed by atoms with E-state index in [4.69, 9.17) is 9.15 Å². The van der Waals surface area contributed by atoms with E-state index < -0.39 is 16.1 Å². The Morgan fingerprint density at radius 3 is 2.67 bits per heavy atom. The van der Waals surface area contributed by atoms with Crippen molar-refractivity contribution in [1.29, 1.82) is 0 Å². The predicted molar refractivity (Wildman–Crippen MR) is 77.5 cm³/mol. The maximum Gasteiger partial charge on any atom is 0.245 e. The van der Waals surface area contributed by atoms with Crippen molar-refractivity contribution in [2.45, 2.75) is 24.8 Å². The maximum absolute atomic E-state index is 12.5. The van der Waals surface area contributed by atoms with Crippen LogP contribution in [0.4, 0.5) is 0 Å². The molecule has 0 aliphatic carbocycles. The van der Waals surface area contributed by atoms with Gasteiger partial charge in [-0.15, -0.1) is 0 Å². The van der Waals surface area contributed by atoms with Crippen LogP contribution in [0, 0.1) is 0 Å². The molecule has 0 saturated heterocycles. The van der Waals surface area contributed by atoms with Gasteiger partial charge in [0, 0.05) is 13.1 Å². The molecule has 2 heterocycles. The Kier molecular flexibility index (Phi) is 4.64. The van der Waals surface area contributed by atoms with E-state index in [0.717, 1.165) is 0 Å². The van der Waals surface area contributed by atoms with E-state index in [2.05, 4.69) is 4.98 Å². The topological polar surface area (TPSA) is 72.6 Å². The first-order valence-electron chi connectivity index (χ1n) is 6.57. The van der Waals surface area contributed by atoms with E-state index in [1.807, 2.05) is 6.92 Å². The normalized spacial score (nSPS) is 13.3. The molecule has 2 rings (SSSR count). The molecule has 0 amide bonds. The fraction of sp³-hybridized carbons (Fsp3) is 0.357. The Hall–Kier alpha value is -1.86. The van der Waals surface area contributed by atoms with E-state index in [9.17, 15) is 8.42 Å². The summed E-state index contributed by atoms with van der Waals surface area (Å²) in [5.74, 6) is 0.984. The number of sulfonamides is 1. The smallest absolute Gasteiger partial charge is 0.245 e. The highest BCUT2D eigenvalue weighted by molar-refractivity contribution is 7.89. The fourth-order valence-electron chi connectivity index (χ4n) is 1.84. The first kappa shape index (κ1) is 15.5. The maximum atomic E-state index is 12.5. The van der Waals surface area contributed by atoms with E-state index >= 15 is 0 Å². The number of nitrogens with zero attached hydrogens (tertiary/aromatic N) is 2. The van der Waals surface area contributed by atoms with Crippen molar-refractivity contribution in [2.75, 3.05) is 13.7 Å². The zero-order valence-corrected chi connectivity index (χ0v) is 13.0. The third-order valence-corrected chi connectivity index (χ3v) is 5.09. The number of rotatable bonds is 6. The lowest BCUT2D eigenvalue weighted by Gasteiger charge is -2.22. The molecular weight excluding hydrogens is 292 g/mol. The molecule has 7 heteroatoms. The summed E-state index contributed by atoms with van der Waals surface area (Å²) in [7, 11) is -2.13. The van der Waals surface area contributed by atoms with Gasteiger partial charge in [-0.05, 0) is 32.0 Å². The molecule has 0 aliphatic rings. The van der Waals surface area contributed by atoms with Gasteiger partial charge < -0.3 is 9.15 Å². The van der Waals surface area contributed by atoms with Crippen molar-refractivity contribution < 1.29 is 17.6 Å². The van der Waals surface area contributed by atoms with Gasteiger partial charge in [0.05, 0.1) is 25.1 Å². The summed E-state index contributed by atoms with van der Waals surface area (Å²) >= 11 is 0. The lowest BCUT2D eigenvalue weighted by atomic mass is 10.3. The summed E-state index contributed by atoms with van der Waals surface area (Å²) in [5, 5.41) is 0. The van der Waals surface area contributed by atoms with Crippen LogP contribution in [0.1, 0.15) is 25.6 Å². The lowest BCUT2D eigenvalue weighted by molar-refractivity contribution is 0.325. The number of hydrogen-bond donors (Lipinski definition) is 0. The zero-order chi connectivity index (χ0) is 15.5. The second kappa shape index (κ2) is 6.28. The Bertz CT molecular complexity index is 666. The number of pyridine rings is 1. The van der Waals surface area contributed by atoms with Gasteiger partial charge in [-0.1, -0.05) is 0 Å². The molecule has 0 bridgehead atoms. The second-order valence-corrected chi connectivity index (χ2v) is 6.48. The molecule has 1 atom stereocenters. The van der Waals surface area contributed by atoms with Gasteiger partial charge in [-0.25, -0.2) is 13.4 Å². The van der Waals surface area contributed by atoms with E-state index in [-0.39, 0.29) is 4.90 Å². The molecule has 21 heavy (non-hydrogen) atoms. The lowest BCUT2D eigenvalue weighted by Crippen LogP contribution is -2.29. The second-order valence-electron chi connectivity index (χ2n) is 4.48. The van der Waals surface area contributed by atoms with Crippen molar-refractivity contribution in [2.24, 2.45) is 0 Å². The monoisotopic (exact) mass is 310 g/mol. The highest BCUT2D eigenvalue weighted by Gasteiger charge is 2.28. The summed E-state index contributed by atoms with van der Waals surface area (Å²) in [6.45, 7) is 4.08. The Morgan fingerprint density at radius 2 is 2.14 bits per heavy atom. The van der Waals surface area contributed by atoms with Crippen molar-refractivity contribution >= 4 is 10.0 Å². The minimum Gasteiger partial charge on any atom is -0.478 e. The molecule has 0 aliphatic heterocycles. The Balaban J connectivity index is 2.24. The minimum atomic E-state index is -3.64. The number of hydrogen-bond acceptors (Lipinski definition) is 5. The van der Waals surface area contributed by atoms with Gasteiger partial charge in [0.1, 0.15) is 10.7 Å². The van der Waals surface area contributed by atoms with E-state index in [1.54, 1.807) is 25.1 Å². The van der Waals surface area contributed by atoms with Gasteiger partial charge in [-0.3, -0.25) is 0 Å². The number of furan rings is 1. The van der Waals surface area contributed by atoms with Crippen LogP contribution >= 0.6 is 0 Å². The van der Waals surface area contributed by atoms with E-state index in [0.29, 0.717) is 18.2 Å². The molecule has 0 N–H and O–H groups in total. The largest absolute Gasteiger partial charge is 0.478 e. The predicted octanol–water partition coefficient (Wildman–Crippen LogP) is 2.46. The molecular formula is C14H18N2O4S. The van der Waals surface area contributed by atoms with E-state index in [1.165, 1.54) is 29.9 Å². The fourth-order valence-corrected chi connectivity index (χ4v) is 3.11. The van der Waals surface area contributed by atoms with Gasteiger partial charge >= 0.3 is 0 Å². The third-order valence-electron chi connectivity index (χ3n) is 3.18. The molecule has 6 nitrogen and oxygen atoms in total. The molecule has 0 saturated carbocycles. The van der Waals surface area contributed by atoms with Crippen molar-refractivity contribution in [1.82, 2.24) is 9.29 Å². The standard InChI is InChI=1S/C14H18N2O4S/c1-4-19-14-8-7-12(10-15-14)21(17,18)16(3)11(2)13-6-5-9-20-13/h5-11H,4H2,1-3H3. The molecule has 2 aromatic rings. The summed E-state index contributed by atoms with van der Waals surface area (Å²) in [5.41, 5.74) is 0. The molecule has 2 aromatic heterocycles. The number of ether oxygens (including phenoxy) is 1. The van der Waals surface area contributed by atoms with Crippen LogP contribution < -0.4 is 4.74 Å². The van der Waals surface area contributed by atoms with Crippen LogP contribution in [0.5, 0.6) is 5.88 Å². The van der Waals surface area contributed by atoms with Crippen LogP contribution in [0.2, 0.25) is 0 Å². The van der Waals surface area contributed by atoms with Crippen molar-refractivity contribution in [3.05, 3.63) is 42.5 Å². The van der Waals surface area contributed by atoms with Crippen molar-refractivity contribution in [3.8, 4) is 5.88 Å². The highest BCUT2D eigenvalue weighted by Crippen LogP contribution is 2.26. The quantitative estimate of drug-likeness (QED) is 0.819. The summed E-state index contributed by atoms with van der Waals surface area (Å²) in [4.78, 5) is 4.11. The molecule has 0 fully saturated rings. The van der Waals surface area contributed by atoms with Crippen LogP contribution in [0.25, 0.3) is 0 Å². The number of aromatic nitrogens is 1. The van der Waals surface area contributed by atoms with Crippen LogP contribution in [-0.4, -0.2) is 31.4 Å². The average Bonchev–Trinajstić information content (AvgIpc) is 3.01. The molecule has 1 unspecified atom stereocenters. The molecule has 114 valence electrons. The van der Waals surface area contributed by atoms with Crippen LogP contribution in [-0.2, 0) is 10.0 Å². The first-order valence-corrected chi connectivity index (χ1v) is 8.01. The average molecular weight is 310 g/mol. The van der Waals surface area contributed by atoms with Crippen LogP contribution in [0.3, 0.4) is 0 Å². The minimum absolute atomic E-state index is 0.117. The summed E-state index contributed by atoms with van der Waals surface area (Å²) in [6, 6.07) is 6.09. The van der Waals surface area contributed by atoms with Gasteiger partial charge in [0.2, 0.25) is 15.9 Å². The summed E-state index contributed by atoms with van der Waals surface area (Å²) in [6.07, 6.45) is 2.82. The Labute approximate surface area is 124 Å².